The molecule has 0 aliphatic carbocycles. The zero-order valence-electron chi connectivity index (χ0n) is 15.1. The molecule has 0 radical (unpaired) electrons. The van der Waals surface area contributed by atoms with E-state index in [1.165, 1.54) is 23.8 Å². The fourth-order valence-electron chi connectivity index (χ4n) is 3.58. The second kappa shape index (κ2) is 7.56. The van der Waals surface area contributed by atoms with Crippen LogP contribution in [0.15, 0.2) is 71.3 Å². The van der Waals surface area contributed by atoms with Crippen LogP contribution in [0, 0.1) is 10.1 Å². The highest BCUT2D eigenvalue weighted by Gasteiger charge is 2.29. The summed E-state index contributed by atoms with van der Waals surface area (Å²) in [6, 6.07) is 17.5. The number of nitro benzene ring substituents is 1. The molecule has 3 aromatic rings. The molecule has 0 saturated carbocycles. The van der Waals surface area contributed by atoms with Crippen molar-refractivity contribution in [2.45, 2.75) is 12.5 Å². The van der Waals surface area contributed by atoms with Gasteiger partial charge in [-0.05, 0) is 36.2 Å². The minimum Gasteiger partial charge on any atom is -0.467 e. The van der Waals surface area contributed by atoms with Crippen LogP contribution in [0.2, 0.25) is 0 Å². The number of non-ortho nitro benzene ring substituents is 1. The molecule has 1 aromatic heterocycles. The fraction of sp³-hybridized carbons (Fsp3) is 0.190. The van der Waals surface area contributed by atoms with E-state index in [1.807, 2.05) is 24.3 Å². The number of benzene rings is 2. The van der Waals surface area contributed by atoms with Crippen LogP contribution in [0.4, 0.5) is 11.4 Å². The lowest BCUT2D eigenvalue weighted by atomic mass is 10.1. The summed E-state index contributed by atoms with van der Waals surface area (Å²) < 4.78 is 5.63. The molecule has 7 nitrogen and oxygen atoms in total. The lowest BCUT2D eigenvalue weighted by Gasteiger charge is -2.29. The lowest BCUT2D eigenvalue weighted by Crippen LogP contribution is -2.37. The van der Waals surface area contributed by atoms with Gasteiger partial charge in [0.1, 0.15) is 11.8 Å². The van der Waals surface area contributed by atoms with Gasteiger partial charge in [-0.1, -0.05) is 24.3 Å². The quantitative estimate of drug-likeness (QED) is 0.522. The van der Waals surface area contributed by atoms with Crippen LogP contribution < -0.4 is 10.2 Å². The van der Waals surface area contributed by atoms with Gasteiger partial charge in [0.2, 0.25) is 0 Å². The number of hydrogen-bond donors (Lipinski definition) is 1. The van der Waals surface area contributed by atoms with Crippen molar-refractivity contribution in [1.82, 2.24) is 5.32 Å². The van der Waals surface area contributed by atoms with E-state index in [0.717, 1.165) is 24.4 Å². The summed E-state index contributed by atoms with van der Waals surface area (Å²) in [5.74, 6) is 0.406. The summed E-state index contributed by atoms with van der Waals surface area (Å²) in [5.41, 5.74) is 2.55. The van der Waals surface area contributed by atoms with E-state index in [-0.39, 0.29) is 23.2 Å². The first-order valence-corrected chi connectivity index (χ1v) is 9.04. The molecule has 1 aliphatic rings. The molecule has 0 unspecified atom stereocenters. The second-order valence-electron chi connectivity index (χ2n) is 6.62. The Bertz CT molecular complexity index is 1000. The topological polar surface area (TPSA) is 88.6 Å². The van der Waals surface area contributed by atoms with Gasteiger partial charge in [-0.3, -0.25) is 14.9 Å². The number of nitrogens with one attached hydrogen (secondary N) is 1. The molecule has 2 aromatic carbocycles. The molecule has 7 heteroatoms. The van der Waals surface area contributed by atoms with Gasteiger partial charge < -0.3 is 14.6 Å². The van der Waals surface area contributed by atoms with Crippen LogP contribution in [-0.4, -0.2) is 23.9 Å². The van der Waals surface area contributed by atoms with Crippen molar-refractivity contribution in [3.63, 3.8) is 0 Å². The van der Waals surface area contributed by atoms with Crippen molar-refractivity contribution in [1.29, 1.82) is 0 Å². The van der Waals surface area contributed by atoms with E-state index in [4.69, 9.17) is 4.42 Å². The number of carbonyl (C=O) groups is 1. The number of hydrogen-bond acceptors (Lipinski definition) is 5. The molecule has 0 saturated heterocycles. The SMILES string of the molecule is O=C(NC[C@@H](c1ccco1)N1CCc2ccccc21)c1cccc([N+](=O)[O-])c1. The first kappa shape index (κ1) is 17.8. The van der Waals surface area contributed by atoms with Crippen LogP contribution in [0.5, 0.6) is 0 Å². The third-order valence-corrected chi connectivity index (χ3v) is 4.95. The van der Waals surface area contributed by atoms with E-state index in [9.17, 15) is 14.9 Å². The average Bonchev–Trinajstić information content (AvgIpc) is 3.39. The third kappa shape index (κ3) is 3.46. The number of nitro groups is 1. The van der Waals surface area contributed by atoms with Crippen molar-refractivity contribution in [3.8, 4) is 0 Å². The van der Waals surface area contributed by atoms with Crippen molar-refractivity contribution in [3.05, 3.63) is 93.9 Å². The molecule has 1 N–H and O–H groups in total. The molecule has 1 atom stereocenters. The van der Waals surface area contributed by atoms with Crippen LogP contribution in [0.3, 0.4) is 0 Å². The number of furan rings is 1. The largest absolute Gasteiger partial charge is 0.467 e. The van der Waals surface area contributed by atoms with Crippen molar-refractivity contribution >= 4 is 17.3 Å². The van der Waals surface area contributed by atoms with Crippen LogP contribution in [0.1, 0.15) is 27.7 Å². The lowest BCUT2D eigenvalue weighted by molar-refractivity contribution is -0.384. The molecule has 2 heterocycles. The standard InChI is InChI=1S/C21H19N3O4/c25-21(16-6-3-7-17(13-16)24(26)27)22-14-19(20-9-4-12-28-20)23-11-10-15-5-1-2-8-18(15)23/h1-9,12-13,19H,10-11,14H2,(H,22,25)/t19-/m0/s1. The molecule has 142 valence electrons. The predicted molar refractivity (Wildman–Crippen MR) is 104 cm³/mol. The monoisotopic (exact) mass is 377 g/mol. The number of carbonyl (C=O) groups excluding carboxylic acids is 1. The highest BCUT2D eigenvalue weighted by molar-refractivity contribution is 5.94. The molecule has 28 heavy (non-hydrogen) atoms. The molecule has 1 amide bonds. The van der Waals surface area contributed by atoms with Crippen molar-refractivity contribution in [2.24, 2.45) is 0 Å². The Morgan fingerprint density at radius 3 is 2.82 bits per heavy atom. The summed E-state index contributed by atoms with van der Waals surface area (Å²) in [6.45, 7) is 1.15. The van der Waals surface area contributed by atoms with E-state index in [1.54, 1.807) is 12.3 Å². The van der Waals surface area contributed by atoms with Gasteiger partial charge in [0, 0.05) is 36.5 Å². The van der Waals surface area contributed by atoms with E-state index in [2.05, 4.69) is 22.3 Å². The first-order valence-electron chi connectivity index (χ1n) is 9.04. The summed E-state index contributed by atoms with van der Waals surface area (Å²) in [4.78, 5) is 25.2. The highest BCUT2D eigenvalue weighted by atomic mass is 16.6. The minimum atomic E-state index is -0.510. The molecule has 0 spiro atoms. The molecule has 0 fully saturated rings. The number of fused-ring (bicyclic) bond motifs is 1. The zero-order valence-corrected chi connectivity index (χ0v) is 15.1. The number of nitrogens with zero attached hydrogens (tertiary/aromatic N) is 2. The number of rotatable bonds is 6. The molecule has 4 rings (SSSR count). The van der Waals surface area contributed by atoms with Gasteiger partial charge in [-0.15, -0.1) is 0 Å². The van der Waals surface area contributed by atoms with Crippen LogP contribution in [0.25, 0.3) is 0 Å². The molecule has 1 aliphatic heterocycles. The normalized spacial score (nSPS) is 13.8. The summed E-state index contributed by atoms with van der Waals surface area (Å²) in [5, 5.41) is 13.8. The first-order chi connectivity index (χ1) is 13.6. The van der Waals surface area contributed by atoms with Crippen LogP contribution >= 0.6 is 0 Å². The van der Waals surface area contributed by atoms with Crippen molar-refractivity contribution in [2.75, 3.05) is 18.0 Å². The Morgan fingerprint density at radius 1 is 1.18 bits per heavy atom. The second-order valence-corrected chi connectivity index (χ2v) is 6.62. The van der Waals surface area contributed by atoms with Gasteiger partial charge in [0.05, 0.1) is 11.2 Å². The third-order valence-electron chi connectivity index (χ3n) is 4.95. The summed E-state index contributed by atoms with van der Waals surface area (Å²) in [7, 11) is 0. The van der Waals surface area contributed by atoms with Gasteiger partial charge in [0.15, 0.2) is 0 Å². The Kier molecular flexibility index (Phi) is 4.80. The number of amides is 1. The highest BCUT2D eigenvalue weighted by Crippen LogP contribution is 2.35. The zero-order chi connectivity index (χ0) is 19.5. The maximum atomic E-state index is 12.6. The summed E-state index contributed by atoms with van der Waals surface area (Å²) in [6.07, 6.45) is 2.55. The summed E-state index contributed by atoms with van der Waals surface area (Å²) >= 11 is 0. The molecular weight excluding hydrogens is 358 g/mol. The van der Waals surface area contributed by atoms with Gasteiger partial charge in [-0.25, -0.2) is 0 Å². The minimum absolute atomic E-state index is 0.108. The van der Waals surface area contributed by atoms with E-state index >= 15 is 0 Å². The Balaban J connectivity index is 1.54. The van der Waals surface area contributed by atoms with Gasteiger partial charge in [0.25, 0.3) is 11.6 Å². The van der Waals surface area contributed by atoms with Gasteiger partial charge >= 0.3 is 0 Å². The Labute approximate surface area is 161 Å². The Morgan fingerprint density at radius 2 is 2.04 bits per heavy atom. The van der Waals surface area contributed by atoms with E-state index in [0.29, 0.717) is 6.54 Å². The number of anilines is 1. The maximum Gasteiger partial charge on any atom is 0.270 e. The average molecular weight is 377 g/mol. The van der Waals surface area contributed by atoms with Gasteiger partial charge in [-0.2, -0.15) is 0 Å². The maximum absolute atomic E-state index is 12.6. The van der Waals surface area contributed by atoms with E-state index < -0.39 is 4.92 Å². The fourth-order valence-corrected chi connectivity index (χ4v) is 3.58. The Hall–Kier alpha value is -3.61. The van der Waals surface area contributed by atoms with Crippen LogP contribution in [-0.2, 0) is 6.42 Å². The predicted octanol–water partition coefficient (Wildman–Crippen LogP) is 3.72. The van der Waals surface area contributed by atoms with Crippen molar-refractivity contribution < 1.29 is 14.1 Å². The molecular formula is C21H19N3O4. The molecule has 0 bridgehead atoms. The smallest absolute Gasteiger partial charge is 0.270 e. The number of para-hydroxylation sites is 1.